The molecule has 2 atom stereocenters. The van der Waals surface area contributed by atoms with Gasteiger partial charge < -0.3 is 15.4 Å². The molecule has 1 heterocycles. The van der Waals surface area contributed by atoms with E-state index in [0.29, 0.717) is 18.5 Å². The number of benzene rings is 1. The first-order valence-electron chi connectivity index (χ1n) is 11.6. The van der Waals surface area contributed by atoms with Crippen molar-refractivity contribution in [2.24, 2.45) is 5.92 Å². The van der Waals surface area contributed by atoms with Gasteiger partial charge in [-0.15, -0.1) is 11.3 Å². The highest BCUT2D eigenvalue weighted by Crippen LogP contribution is 2.24. The number of aryl methyl sites for hydroxylation is 1. The lowest BCUT2D eigenvalue weighted by atomic mass is 10.0. The lowest BCUT2D eigenvalue weighted by Gasteiger charge is -2.26. The summed E-state index contributed by atoms with van der Waals surface area (Å²) in [4.78, 5) is 30.4. The summed E-state index contributed by atoms with van der Waals surface area (Å²) in [5, 5.41) is 8.51. The molecule has 9 nitrogen and oxygen atoms in total. The number of carbonyl (C=O) groups excluding carboxylic acids is 2. The molecule has 0 aliphatic carbocycles. The first kappa shape index (κ1) is 28.6. The lowest BCUT2D eigenvalue weighted by Crippen LogP contribution is -2.49. The number of aromatic nitrogens is 1. The van der Waals surface area contributed by atoms with E-state index in [9.17, 15) is 18.0 Å². The van der Waals surface area contributed by atoms with Crippen LogP contribution >= 0.6 is 11.3 Å². The van der Waals surface area contributed by atoms with Crippen LogP contribution in [-0.4, -0.2) is 37.0 Å². The van der Waals surface area contributed by atoms with E-state index >= 15 is 0 Å². The number of anilines is 1. The molecule has 0 saturated heterocycles. The number of thiazole rings is 1. The van der Waals surface area contributed by atoms with Crippen LogP contribution in [0.2, 0.25) is 0 Å². The summed E-state index contributed by atoms with van der Waals surface area (Å²) < 4.78 is 29.5. The normalized spacial score (nSPS) is 13.4. The van der Waals surface area contributed by atoms with E-state index in [1.54, 1.807) is 45.0 Å². The molecule has 0 saturated carbocycles. The first-order chi connectivity index (χ1) is 16.4. The maximum absolute atomic E-state index is 13.3. The van der Waals surface area contributed by atoms with Crippen molar-refractivity contribution in [2.75, 3.05) is 4.72 Å². The molecular weight excluding hydrogens is 488 g/mol. The number of thiol groups is 1. The predicted molar refractivity (Wildman–Crippen MR) is 139 cm³/mol. The van der Waals surface area contributed by atoms with Crippen molar-refractivity contribution < 1.29 is 22.7 Å². The number of ether oxygens (including phenoxy) is 1. The number of rotatable bonds is 11. The molecule has 194 valence electrons. The molecule has 0 bridgehead atoms. The number of amides is 2. The summed E-state index contributed by atoms with van der Waals surface area (Å²) >= 11 is 1.47. The maximum atomic E-state index is 13.3. The monoisotopic (exact) mass is 524 g/mol. The molecule has 1 aromatic heterocycles. The van der Waals surface area contributed by atoms with Crippen molar-refractivity contribution in [3.63, 3.8) is 0 Å². The van der Waals surface area contributed by atoms with E-state index in [-0.39, 0.29) is 11.8 Å². The second-order valence-electron chi connectivity index (χ2n) is 9.69. The highest BCUT2D eigenvalue weighted by Gasteiger charge is 2.28. The number of hydrogen-bond donors (Lipinski definition) is 4. The third-order valence-electron chi connectivity index (χ3n) is 4.88. The second kappa shape index (κ2) is 12.9. The van der Waals surface area contributed by atoms with Crippen molar-refractivity contribution in [3.05, 3.63) is 45.9 Å². The molecule has 3 N–H and O–H groups in total. The van der Waals surface area contributed by atoms with Crippen LogP contribution in [-0.2, 0) is 33.3 Å². The average molecular weight is 525 g/mol. The molecule has 35 heavy (non-hydrogen) atoms. The largest absolute Gasteiger partial charge is 0.444 e. The number of alkyl carbamates (subject to hydrolysis) is 1. The van der Waals surface area contributed by atoms with Crippen molar-refractivity contribution in [2.45, 2.75) is 78.5 Å². The average Bonchev–Trinajstić information content (AvgIpc) is 3.21. The van der Waals surface area contributed by atoms with Gasteiger partial charge in [-0.1, -0.05) is 32.9 Å². The summed E-state index contributed by atoms with van der Waals surface area (Å²) in [6, 6.07) is 5.77. The molecule has 2 aromatic rings. The van der Waals surface area contributed by atoms with Gasteiger partial charge in [0.15, 0.2) is 0 Å². The molecule has 0 spiro atoms. The van der Waals surface area contributed by atoms with Gasteiger partial charge >= 0.3 is 6.09 Å². The molecule has 0 radical (unpaired) electrons. The molecule has 1 aromatic carbocycles. The van der Waals surface area contributed by atoms with E-state index in [4.69, 9.17) is 4.74 Å². The Balaban J connectivity index is 2.24. The van der Waals surface area contributed by atoms with Crippen LogP contribution in [0.1, 0.15) is 70.3 Å². The van der Waals surface area contributed by atoms with Gasteiger partial charge in [0.2, 0.25) is 16.8 Å². The molecule has 11 heteroatoms. The zero-order valence-electron chi connectivity index (χ0n) is 21.1. The van der Waals surface area contributed by atoms with Crippen molar-refractivity contribution in [1.29, 1.82) is 0 Å². The fraction of sp³-hybridized carbons (Fsp3) is 0.542. The summed E-state index contributed by atoms with van der Waals surface area (Å²) in [5.41, 5.74) is 1.62. The van der Waals surface area contributed by atoms with E-state index in [1.807, 2.05) is 26.2 Å². The standard InChI is InChI=1S/C24H36N4O5S2/c1-7-17-14-34-22(25-17)20(13-16-8-10-18(11-9-16)28-35(31)32)26-21(29)19(12-15(2)3)27-23(30)33-24(4,5)6/h8-11,14-15,19-20,35H,7,12-13H2,1-6H3,(H,26,29)(H,27,30)(H,28,31,32)/t19-,20-/m0/s1. The number of hydrogen-bond acceptors (Lipinski definition) is 7. The minimum atomic E-state index is -2.74. The zero-order chi connectivity index (χ0) is 26.2. The van der Waals surface area contributed by atoms with Crippen LogP contribution in [0.25, 0.3) is 0 Å². The van der Waals surface area contributed by atoms with E-state index in [0.717, 1.165) is 22.7 Å². The smallest absolute Gasteiger partial charge is 0.408 e. The molecule has 0 aliphatic rings. The molecular formula is C24H36N4O5S2. The van der Waals surface area contributed by atoms with Gasteiger partial charge in [0.05, 0.1) is 11.7 Å². The van der Waals surface area contributed by atoms with Crippen LogP contribution in [0.4, 0.5) is 10.5 Å². The number of nitrogens with zero attached hydrogens (tertiary/aromatic N) is 1. The minimum Gasteiger partial charge on any atom is -0.444 e. The lowest BCUT2D eigenvalue weighted by molar-refractivity contribution is -0.124. The SMILES string of the molecule is CCc1csc([C@H](Cc2ccc(N[SH](=O)=O)cc2)NC(=O)[C@H](CC(C)C)NC(=O)OC(C)(C)C)n1. The van der Waals surface area contributed by atoms with E-state index in [2.05, 4.69) is 20.3 Å². The Morgan fingerprint density at radius 2 is 1.77 bits per heavy atom. The van der Waals surface area contributed by atoms with Crippen LogP contribution in [0, 0.1) is 5.92 Å². The Morgan fingerprint density at radius 3 is 2.29 bits per heavy atom. The fourth-order valence-electron chi connectivity index (χ4n) is 3.33. The van der Waals surface area contributed by atoms with Gasteiger partial charge in [0, 0.05) is 11.1 Å². The van der Waals surface area contributed by atoms with Crippen molar-refractivity contribution in [3.8, 4) is 0 Å². The van der Waals surface area contributed by atoms with Gasteiger partial charge in [-0.05, 0) is 63.6 Å². The topological polar surface area (TPSA) is 126 Å². The molecule has 0 fully saturated rings. The van der Waals surface area contributed by atoms with Gasteiger partial charge in [0.25, 0.3) is 0 Å². The summed E-state index contributed by atoms with van der Waals surface area (Å²) in [6.45, 7) is 11.3. The number of nitrogens with one attached hydrogen (secondary N) is 3. The summed E-state index contributed by atoms with van der Waals surface area (Å²) in [5.74, 6) is -0.150. The van der Waals surface area contributed by atoms with Crippen molar-refractivity contribution >= 4 is 39.9 Å². The van der Waals surface area contributed by atoms with Crippen LogP contribution in [0.3, 0.4) is 0 Å². The third-order valence-corrected chi connectivity index (χ3v) is 6.32. The van der Waals surface area contributed by atoms with Crippen molar-refractivity contribution in [1.82, 2.24) is 15.6 Å². The number of carbonyl (C=O) groups is 2. The Morgan fingerprint density at radius 1 is 1.11 bits per heavy atom. The van der Waals surface area contributed by atoms with Gasteiger partial charge in [-0.25, -0.2) is 18.2 Å². The first-order valence-corrected chi connectivity index (χ1v) is 13.7. The quantitative estimate of drug-likeness (QED) is 0.329. The molecule has 2 amide bonds. The van der Waals surface area contributed by atoms with E-state index < -0.39 is 34.7 Å². The predicted octanol–water partition coefficient (Wildman–Crippen LogP) is 3.98. The van der Waals surface area contributed by atoms with Gasteiger partial charge in [0.1, 0.15) is 16.7 Å². The Kier molecular flexibility index (Phi) is 10.5. The minimum absolute atomic E-state index is 0.165. The highest BCUT2D eigenvalue weighted by molar-refractivity contribution is 7.73. The summed E-state index contributed by atoms with van der Waals surface area (Å²) in [6.07, 6.45) is 1.04. The van der Waals surface area contributed by atoms with Gasteiger partial charge in [-0.2, -0.15) is 0 Å². The Bertz CT molecular complexity index is 1050. The second-order valence-corrected chi connectivity index (χ2v) is 11.3. The highest BCUT2D eigenvalue weighted by atomic mass is 32.2. The summed E-state index contributed by atoms with van der Waals surface area (Å²) in [7, 11) is -2.74. The Hall–Kier alpha value is -2.66. The molecule has 0 aliphatic heterocycles. The third kappa shape index (κ3) is 10.2. The van der Waals surface area contributed by atoms with Crippen LogP contribution < -0.4 is 15.4 Å². The Labute approximate surface area is 213 Å². The van der Waals surface area contributed by atoms with Crippen LogP contribution in [0.15, 0.2) is 29.6 Å². The zero-order valence-corrected chi connectivity index (χ0v) is 22.8. The molecule has 0 unspecified atom stereocenters. The maximum Gasteiger partial charge on any atom is 0.408 e. The van der Waals surface area contributed by atoms with Crippen LogP contribution in [0.5, 0.6) is 0 Å². The van der Waals surface area contributed by atoms with E-state index in [1.165, 1.54) is 11.3 Å². The van der Waals surface area contributed by atoms with Gasteiger partial charge in [-0.3, -0.25) is 9.52 Å². The molecule has 2 rings (SSSR count). The fourth-order valence-corrected chi connectivity index (χ4v) is 4.64.